The molecule has 0 spiro atoms. The van der Waals surface area contributed by atoms with Crippen molar-refractivity contribution in [1.82, 2.24) is 19.8 Å². The summed E-state index contributed by atoms with van der Waals surface area (Å²) in [6.45, 7) is 10.1. The molecule has 4 heterocycles. The average molecular weight is 343 g/mol. The number of piperazine rings is 3. The van der Waals surface area contributed by atoms with Gasteiger partial charge < -0.3 is 4.98 Å². The van der Waals surface area contributed by atoms with Crippen LogP contribution in [0.4, 0.5) is 0 Å². The van der Waals surface area contributed by atoms with Crippen molar-refractivity contribution in [3.05, 3.63) is 20.6 Å². The van der Waals surface area contributed by atoms with Gasteiger partial charge in [-0.1, -0.05) is 26.1 Å². The summed E-state index contributed by atoms with van der Waals surface area (Å²) in [5.41, 5.74) is 1.16. The van der Waals surface area contributed by atoms with E-state index in [4.69, 9.17) is 12.2 Å². The maximum Gasteiger partial charge on any atom is 0.144 e. The van der Waals surface area contributed by atoms with Crippen LogP contribution in [-0.2, 0) is 0 Å². The van der Waals surface area contributed by atoms with E-state index in [1.54, 1.807) is 0 Å². The quantitative estimate of drug-likeness (QED) is 0.838. The molecule has 2 bridgehead atoms. The van der Waals surface area contributed by atoms with Crippen LogP contribution in [0.5, 0.6) is 0 Å². The Bertz CT molecular complexity index is 534. The predicted octanol–water partition coefficient (Wildman–Crippen LogP) is 2.70. The maximum atomic E-state index is 5.39. The third-order valence-corrected chi connectivity index (χ3v) is 5.44. The first-order valence-corrected chi connectivity index (χ1v) is 8.02. The molecular formula is C13H19BrN4S. The van der Waals surface area contributed by atoms with Crippen molar-refractivity contribution >= 4 is 28.1 Å². The summed E-state index contributed by atoms with van der Waals surface area (Å²) < 4.78 is 1.62. The van der Waals surface area contributed by atoms with Crippen molar-refractivity contribution in [2.75, 3.05) is 32.7 Å². The molecule has 6 heteroatoms. The molecule has 3 fully saturated rings. The van der Waals surface area contributed by atoms with Crippen LogP contribution in [0.1, 0.15) is 37.3 Å². The van der Waals surface area contributed by atoms with E-state index in [-0.39, 0.29) is 0 Å². The standard InChI is InChI=1S/C13H19BrN4S/c1-8(2)11-10(14)13(19)16-12(15-11)9-7-17-3-5-18(9)6-4-17/h8-9H,3-7H2,1-2H3,(H,15,16,19). The molecule has 4 rings (SSSR count). The molecule has 4 nitrogen and oxygen atoms in total. The Hall–Kier alpha value is -0.300. The van der Waals surface area contributed by atoms with Gasteiger partial charge in [-0.05, 0) is 21.8 Å². The van der Waals surface area contributed by atoms with Crippen molar-refractivity contribution in [2.45, 2.75) is 25.8 Å². The van der Waals surface area contributed by atoms with Crippen LogP contribution in [0.3, 0.4) is 0 Å². The van der Waals surface area contributed by atoms with Crippen LogP contribution in [0, 0.1) is 4.64 Å². The third kappa shape index (κ3) is 2.51. The first-order chi connectivity index (χ1) is 9.06. The molecule has 1 aromatic heterocycles. The lowest BCUT2D eigenvalue weighted by Gasteiger charge is -2.47. The van der Waals surface area contributed by atoms with E-state index >= 15 is 0 Å². The van der Waals surface area contributed by atoms with E-state index < -0.39 is 0 Å². The summed E-state index contributed by atoms with van der Waals surface area (Å²) in [7, 11) is 0. The Balaban J connectivity index is 1.99. The van der Waals surface area contributed by atoms with E-state index in [0.29, 0.717) is 16.6 Å². The SMILES string of the molecule is CC(C)c1[nH]c(C2CN3CCN2CC3)nc(=S)c1Br. The average Bonchev–Trinajstić information content (AvgIpc) is 2.42. The van der Waals surface area contributed by atoms with Crippen LogP contribution in [-0.4, -0.2) is 52.5 Å². The lowest BCUT2D eigenvalue weighted by molar-refractivity contribution is 0.00848. The molecule has 3 saturated heterocycles. The Morgan fingerprint density at radius 2 is 2.00 bits per heavy atom. The fraction of sp³-hybridized carbons (Fsp3) is 0.692. The molecule has 3 aliphatic heterocycles. The Morgan fingerprint density at radius 3 is 2.53 bits per heavy atom. The van der Waals surface area contributed by atoms with E-state index in [1.165, 1.54) is 13.1 Å². The minimum atomic E-state index is 0.370. The smallest absolute Gasteiger partial charge is 0.144 e. The van der Waals surface area contributed by atoms with Gasteiger partial charge in [0.2, 0.25) is 0 Å². The normalized spacial score (nSPS) is 30.0. The molecule has 3 aliphatic rings. The van der Waals surface area contributed by atoms with Gasteiger partial charge in [0.15, 0.2) is 0 Å². The molecule has 1 unspecified atom stereocenters. The monoisotopic (exact) mass is 342 g/mol. The third-order valence-electron chi connectivity index (χ3n) is 4.08. The second kappa shape index (κ2) is 5.24. The molecule has 1 atom stereocenters. The number of rotatable bonds is 2. The number of nitrogens with zero attached hydrogens (tertiary/aromatic N) is 3. The fourth-order valence-electron chi connectivity index (χ4n) is 2.93. The van der Waals surface area contributed by atoms with Crippen molar-refractivity contribution in [2.24, 2.45) is 0 Å². The molecule has 1 N–H and O–H groups in total. The van der Waals surface area contributed by atoms with Crippen LogP contribution >= 0.6 is 28.1 Å². The topological polar surface area (TPSA) is 35.2 Å². The second-order valence-electron chi connectivity index (χ2n) is 5.66. The minimum absolute atomic E-state index is 0.370. The summed E-state index contributed by atoms with van der Waals surface area (Å²) >= 11 is 8.95. The van der Waals surface area contributed by atoms with Gasteiger partial charge >= 0.3 is 0 Å². The highest BCUT2D eigenvalue weighted by molar-refractivity contribution is 9.10. The molecule has 0 aromatic carbocycles. The number of fused-ring (bicyclic) bond motifs is 3. The first-order valence-electron chi connectivity index (χ1n) is 6.82. The van der Waals surface area contributed by atoms with Crippen LogP contribution < -0.4 is 0 Å². The van der Waals surface area contributed by atoms with Crippen molar-refractivity contribution < 1.29 is 0 Å². The predicted molar refractivity (Wildman–Crippen MR) is 82.0 cm³/mol. The van der Waals surface area contributed by atoms with Crippen LogP contribution in [0.15, 0.2) is 4.47 Å². The first kappa shape index (κ1) is 13.7. The molecule has 0 radical (unpaired) electrons. The Kier molecular flexibility index (Phi) is 3.77. The van der Waals surface area contributed by atoms with Crippen LogP contribution in [0.25, 0.3) is 0 Å². The van der Waals surface area contributed by atoms with Gasteiger partial charge in [0.1, 0.15) is 10.5 Å². The van der Waals surface area contributed by atoms with Gasteiger partial charge in [-0.3, -0.25) is 9.80 Å². The summed E-state index contributed by atoms with van der Waals surface area (Å²) in [5, 5.41) is 0. The molecule has 0 amide bonds. The number of aromatic amines is 1. The Labute approximate surface area is 127 Å². The molecule has 104 valence electrons. The van der Waals surface area contributed by atoms with Gasteiger partial charge in [0.25, 0.3) is 0 Å². The van der Waals surface area contributed by atoms with Gasteiger partial charge in [-0.25, -0.2) is 4.98 Å². The second-order valence-corrected chi connectivity index (χ2v) is 6.84. The maximum absolute atomic E-state index is 5.39. The fourth-order valence-corrected chi connectivity index (χ4v) is 3.78. The van der Waals surface area contributed by atoms with Crippen molar-refractivity contribution in [3.8, 4) is 0 Å². The van der Waals surface area contributed by atoms with Gasteiger partial charge in [0.05, 0.1) is 10.5 Å². The van der Waals surface area contributed by atoms with Crippen LogP contribution in [0.2, 0.25) is 0 Å². The number of halogens is 1. The molecule has 19 heavy (non-hydrogen) atoms. The van der Waals surface area contributed by atoms with Gasteiger partial charge in [-0.2, -0.15) is 0 Å². The van der Waals surface area contributed by atoms with Crippen molar-refractivity contribution in [1.29, 1.82) is 0 Å². The summed E-state index contributed by atoms with van der Waals surface area (Å²) in [5.74, 6) is 1.44. The minimum Gasteiger partial charge on any atom is -0.344 e. The highest BCUT2D eigenvalue weighted by Gasteiger charge is 2.34. The highest BCUT2D eigenvalue weighted by Crippen LogP contribution is 2.30. The number of aromatic nitrogens is 2. The number of nitrogens with one attached hydrogen (secondary N) is 1. The lowest BCUT2D eigenvalue weighted by atomic mass is 10.1. The zero-order valence-electron chi connectivity index (χ0n) is 11.3. The number of H-pyrrole nitrogens is 1. The van der Waals surface area contributed by atoms with Gasteiger partial charge in [-0.15, -0.1) is 0 Å². The summed E-state index contributed by atoms with van der Waals surface area (Å²) in [6.07, 6.45) is 0. The highest BCUT2D eigenvalue weighted by atomic mass is 79.9. The molecule has 0 aliphatic carbocycles. The zero-order chi connectivity index (χ0) is 13.6. The lowest BCUT2D eigenvalue weighted by Crippen LogP contribution is -2.57. The van der Waals surface area contributed by atoms with E-state index in [0.717, 1.165) is 35.6 Å². The summed E-state index contributed by atoms with van der Waals surface area (Å²) in [4.78, 5) is 13.2. The van der Waals surface area contributed by atoms with Crippen molar-refractivity contribution in [3.63, 3.8) is 0 Å². The number of hydrogen-bond acceptors (Lipinski definition) is 4. The molecule has 0 saturated carbocycles. The molecular weight excluding hydrogens is 324 g/mol. The van der Waals surface area contributed by atoms with Gasteiger partial charge in [0, 0.05) is 38.4 Å². The molecule has 1 aromatic rings. The Morgan fingerprint density at radius 1 is 1.32 bits per heavy atom. The number of hydrogen-bond donors (Lipinski definition) is 1. The van der Waals surface area contributed by atoms with E-state index in [1.807, 2.05) is 0 Å². The summed E-state index contributed by atoms with van der Waals surface area (Å²) in [6, 6.07) is 0.370. The van der Waals surface area contributed by atoms with E-state index in [9.17, 15) is 0 Å². The van der Waals surface area contributed by atoms with E-state index in [2.05, 4.69) is 49.5 Å². The zero-order valence-corrected chi connectivity index (χ0v) is 13.7. The largest absolute Gasteiger partial charge is 0.344 e.